The molecule has 2 aromatic rings. The van der Waals surface area contributed by atoms with Crippen molar-refractivity contribution >= 4 is 41.4 Å². The lowest BCUT2D eigenvalue weighted by molar-refractivity contribution is 1.28. The Morgan fingerprint density at radius 3 is 3.21 bits per heavy atom. The summed E-state index contributed by atoms with van der Waals surface area (Å²) in [5.41, 5.74) is 2.49. The average molecular weight is 237 g/mol. The van der Waals surface area contributed by atoms with Crippen molar-refractivity contribution in [2.75, 3.05) is 0 Å². The molecule has 1 unspecified atom stereocenters. The first kappa shape index (κ1) is 8.83. The lowest BCUT2D eigenvalue weighted by Crippen LogP contribution is -1.87. The molecule has 70 valence electrons. The van der Waals surface area contributed by atoms with E-state index in [4.69, 9.17) is 11.2 Å². The molecule has 4 heteroatoms. The Bertz CT molecular complexity index is 536. The van der Waals surface area contributed by atoms with Crippen LogP contribution in [0.15, 0.2) is 35.4 Å². The van der Waals surface area contributed by atoms with Gasteiger partial charge in [0.1, 0.15) is 0 Å². The van der Waals surface area contributed by atoms with Crippen molar-refractivity contribution in [1.29, 1.82) is 0 Å². The van der Waals surface area contributed by atoms with Crippen LogP contribution in [-0.2, 0) is 25.4 Å². The Morgan fingerprint density at radius 2 is 2.29 bits per heavy atom. The molecule has 0 bridgehead atoms. The summed E-state index contributed by atoms with van der Waals surface area (Å²) < 4.78 is 0. The van der Waals surface area contributed by atoms with Crippen LogP contribution in [0.1, 0.15) is 5.56 Å². The first-order valence-corrected chi connectivity index (χ1v) is 7.93. The van der Waals surface area contributed by atoms with Gasteiger partial charge in [-0.2, -0.15) is 0 Å². The summed E-state index contributed by atoms with van der Waals surface area (Å²) >= 11 is 5.38. The molecule has 0 saturated heterocycles. The minimum atomic E-state index is -0.0438. The Kier molecular flexibility index (Phi) is 2.08. The van der Waals surface area contributed by atoms with Crippen LogP contribution in [0.4, 0.5) is 0 Å². The highest BCUT2D eigenvalue weighted by Gasteiger charge is 2.18. The van der Waals surface area contributed by atoms with Crippen molar-refractivity contribution in [2.24, 2.45) is 0 Å². The van der Waals surface area contributed by atoms with Gasteiger partial charge in [-0.3, -0.25) is 4.98 Å². The van der Waals surface area contributed by atoms with E-state index in [-0.39, 0.29) is 8.49 Å². The summed E-state index contributed by atoms with van der Waals surface area (Å²) in [4.78, 5) is 5.75. The lowest BCUT2D eigenvalue weighted by atomic mass is 10.1. The zero-order valence-corrected chi connectivity index (χ0v) is 9.72. The third kappa shape index (κ3) is 1.21. The Hall–Kier alpha value is -0.450. The van der Waals surface area contributed by atoms with Gasteiger partial charge in [0.15, 0.2) is 0 Å². The van der Waals surface area contributed by atoms with Crippen molar-refractivity contribution in [3.05, 3.63) is 36.0 Å². The highest BCUT2D eigenvalue weighted by molar-refractivity contribution is 8.82. The second-order valence-electron chi connectivity index (χ2n) is 3.11. The van der Waals surface area contributed by atoms with Gasteiger partial charge >= 0.3 is 0 Å². The molecule has 0 amide bonds. The molecule has 0 N–H and O–H groups in total. The van der Waals surface area contributed by atoms with Crippen molar-refractivity contribution in [2.45, 2.75) is 10.6 Å². The van der Waals surface area contributed by atoms with Gasteiger partial charge in [0, 0.05) is 27.8 Å². The fraction of sp³-hybridized carbons (Fsp3) is 0.100. The van der Waals surface area contributed by atoms with E-state index in [1.165, 1.54) is 15.8 Å². The van der Waals surface area contributed by atoms with Crippen LogP contribution < -0.4 is 0 Å². The number of rotatable bonds is 0. The zero-order valence-electron chi connectivity index (χ0n) is 7.27. The molecule has 0 fully saturated rings. The van der Waals surface area contributed by atoms with Crippen molar-refractivity contribution in [1.82, 2.24) is 4.98 Å². The summed E-state index contributed by atoms with van der Waals surface area (Å²) in [6, 6.07) is 8.37. The standard InChI is InChI=1S/C10H7NS3/c12-14-9-4-3-7-2-1-5-11-10(7)8(9)6-13-14/h1-5H,6H2. The van der Waals surface area contributed by atoms with Crippen molar-refractivity contribution in [3.8, 4) is 0 Å². The van der Waals surface area contributed by atoms with E-state index in [0.29, 0.717) is 0 Å². The van der Waals surface area contributed by atoms with Gasteiger partial charge in [-0.1, -0.05) is 22.9 Å². The number of benzene rings is 1. The second kappa shape index (κ2) is 3.29. The summed E-state index contributed by atoms with van der Waals surface area (Å²) in [5, 5.41) is 1.22. The molecule has 0 aliphatic carbocycles. The number of hydrogen-bond donors (Lipinski definition) is 0. The monoisotopic (exact) mass is 237 g/mol. The van der Waals surface area contributed by atoms with Crippen LogP contribution in [0.2, 0.25) is 0 Å². The zero-order chi connectivity index (χ0) is 9.54. The predicted molar refractivity (Wildman–Crippen MR) is 66.0 cm³/mol. The normalized spacial score (nSPS) is 19.9. The van der Waals surface area contributed by atoms with E-state index < -0.39 is 0 Å². The number of hydrogen-bond acceptors (Lipinski definition) is 3. The fourth-order valence-electron chi connectivity index (χ4n) is 1.66. The van der Waals surface area contributed by atoms with Crippen molar-refractivity contribution < 1.29 is 0 Å². The van der Waals surface area contributed by atoms with Gasteiger partial charge in [-0.25, -0.2) is 0 Å². The number of pyridine rings is 1. The molecule has 1 aromatic carbocycles. The third-order valence-corrected chi connectivity index (χ3v) is 6.63. The Morgan fingerprint density at radius 1 is 1.36 bits per heavy atom. The van der Waals surface area contributed by atoms with E-state index in [1.807, 2.05) is 23.1 Å². The molecule has 0 saturated carbocycles. The average Bonchev–Trinajstić information content (AvgIpc) is 2.61. The Balaban J connectivity index is 2.44. The molecule has 1 nitrogen and oxygen atoms in total. The van der Waals surface area contributed by atoms with Gasteiger partial charge in [-0.05, 0) is 31.8 Å². The summed E-state index contributed by atoms with van der Waals surface area (Å²) in [6.45, 7) is 0. The van der Waals surface area contributed by atoms with Gasteiger partial charge in [-0.15, -0.1) is 0 Å². The van der Waals surface area contributed by atoms with Crippen LogP contribution in [0.5, 0.6) is 0 Å². The number of fused-ring (bicyclic) bond motifs is 3. The smallest absolute Gasteiger partial charge is 0.0754 e. The minimum absolute atomic E-state index is 0.0438. The van der Waals surface area contributed by atoms with Gasteiger partial charge in [0.25, 0.3) is 0 Å². The maximum absolute atomic E-state index is 5.38. The molecule has 0 spiro atoms. The van der Waals surface area contributed by atoms with Gasteiger partial charge in [0.2, 0.25) is 0 Å². The first-order valence-electron chi connectivity index (χ1n) is 4.28. The van der Waals surface area contributed by atoms with E-state index in [0.717, 1.165) is 11.3 Å². The molecule has 1 aromatic heterocycles. The van der Waals surface area contributed by atoms with Crippen LogP contribution in [-0.4, -0.2) is 4.98 Å². The predicted octanol–water partition coefficient (Wildman–Crippen LogP) is 2.84. The summed E-state index contributed by atoms with van der Waals surface area (Å²) in [6.07, 6.45) is 1.85. The molecule has 1 atom stereocenters. The highest BCUT2D eigenvalue weighted by atomic mass is 33.3. The van der Waals surface area contributed by atoms with E-state index >= 15 is 0 Å². The largest absolute Gasteiger partial charge is 0.256 e. The van der Waals surface area contributed by atoms with Crippen molar-refractivity contribution in [3.63, 3.8) is 0 Å². The topological polar surface area (TPSA) is 12.9 Å². The maximum Gasteiger partial charge on any atom is 0.0754 e. The Labute approximate surface area is 92.9 Å². The number of nitrogens with zero attached hydrogens (tertiary/aromatic N) is 1. The van der Waals surface area contributed by atoms with Crippen LogP contribution in [0.25, 0.3) is 10.9 Å². The molecule has 1 aliphatic heterocycles. The van der Waals surface area contributed by atoms with Gasteiger partial charge < -0.3 is 0 Å². The first-order chi connectivity index (χ1) is 6.86. The van der Waals surface area contributed by atoms with Crippen LogP contribution in [0, 0.1) is 0 Å². The third-order valence-electron chi connectivity index (χ3n) is 2.33. The lowest BCUT2D eigenvalue weighted by Gasteiger charge is -2.02. The SMILES string of the molecule is S=S1SCc2c1ccc1cccnc21. The van der Waals surface area contributed by atoms with Crippen LogP contribution in [0.3, 0.4) is 0 Å². The van der Waals surface area contributed by atoms with E-state index in [2.05, 4.69) is 23.2 Å². The van der Waals surface area contributed by atoms with E-state index in [1.54, 1.807) is 0 Å². The molecule has 14 heavy (non-hydrogen) atoms. The fourth-order valence-corrected chi connectivity index (χ4v) is 5.37. The summed E-state index contributed by atoms with van der Waals surface area (Å²) in [7, 11) is 1.80. The van der Waals surface area contributed by atoms with E-state index in [9.17, 15) is 0 Å². The van der Waals surface area contributed by atoms with Gasteiger partial charge in [0.05, 0.1) is 5.52 Å². The molecular weight excluding hydrogens is 230 g/mol. The summed E-state index contributed by atoms with van der Waals surface area (Å²) in [5.74, 6) is 1.02. The molecular formula is C10H7NS3. The second-order valence-corrected chi connectivity index (χ2v) is 7.89. The van der Waals surface area contributed by atoms with Crippen LogP contribution >= 0.6 is 10.8 Å². The molecule has 3 rings (SSSR count). The molecule has 2 heterocycles. The quantitative estimate of drug-likeness (QED) is 0.654. The maximum atomic E-state index is 5.38. The highest BCUT2D eigenvalue weighted by Crippen LogP contribution is 2.38. The minimum Gasteiger partial charge on any atom is -0.256 e. The number of aromatic nitrogens is 1. The molecule has 1 aliphatic rings. The molecule has 0 radical (unpaired) electrons.